The fraction of sp³-hybridized carbons (Fsp3) is 0. The van der Waals surface area contributed by atoms with Crippen molar-refractivity contribution in [2.45, 2.75) is 19.6 Å². The van der Waals surface area contributed by atoms with Crippen LogP contribution in [0.5, 0.6) is 34.5 Å². The summed E-state index contributed by atoms with van der Waals surface area (Å²) >= 11 is 0. The van der Waals surface area contributed by atoms with Gasteiger partial charge in [-0.05, 0) is 72.8 Å². The maximum absolute atomic E-state index is 14.7. The van der Waals surface area contributed by atoms with Crippen molar-refractivity contribution in [3.8, 4) is 34.5 Å². The highest BCUT2D eigenvalue weighted by Gasteiger charge is 2.36. The average molecular weight is 635 g/mol. The molecule has 0 aliphatic heterocycles. The van der Waals surface area contributed by atoms with E-state index in [1.165, 1.54) is 42.5 Å². The van der Waals surface area contributed by atoms with Crippen molar-refractivity contribution >= 4 is 19.7 Å². The first-order chi connectivity index (χ1) is 21.8. The molecule has 45 heavy (non-hydrogen) atoms. The number of benzene rings is 6. The minimum absolute atomic E-state index is 0.0226. The van der Waals surface area contributed by atoms with Gasteiger partial charge in [0.2, 0.25) is 19.7 Å². The smallest absolute Gasteiger partial charge is 0.215 e. The molecule has 0 aliphatic carbocycles. The summed E-state index contributed by atoms with van der Waals surface area (Å²) in [5.74, 6) is 1.04. The highest BCUT2D eigenvalue weighted by atomic mass is 32.2. The third-order valence-corrected chi connectivity index (χ3v) is 10.5. The average Bonchev–Trinajstić information content (AvgIpc) is 3.06. The summed E-state index contributed by atoms with van der Waals surface area (Å²) < 4.78 is 76.3. The number of rotatable bonds is 10. The van der Waals surface area contributed by atoms with Crippen LogP contribution in [0.25, 0.3) is 0 Å². The van der Waals surface area contributed by atoms with Crippen molar-refractivity contribution < 1.29 is 31.0 Å². The van der Waals surface area contributed by atoms with Gasteiger partial charge < -0.3 is 14.2 Å². The molecule has 0 saturated carbocycles. The summed E-state index contributed by atoms with van der Waals surface area (Å²) in [6.07, 6.45) is 0. The SMILES string of the molecule is O=S(=O)(c1ccccc1Oc1ccccc1)c1cccc(Oc2ccccc2)c1S(=O)(=O)c1ccccc1Oc1ccccc1. The van der Waals surface area contributed by atoms with Gasteiger partial charge in [0.05, 0.1) is 4.90 Å². The molecule has 0 N–H and O–H groups in total. The van der Waals surface area contributed by atoms with Crippen LogP contribution in [-0.4, -0.2) is 16.8 Å². The van der Waals surface area contributed by atoms with Gasteiger partial charge in [0.1, 0.15) is 49.2 Å². The van der Waals surface area contributed by atoms with E-state index in [0.717, 1.165) is 0 Å². The standard InChI is InChI=1S/C36H26O7S2/c37-44(38,33-24-12-10-21-30(33)41-27-15-4-1-5-16-27)35-26-14-23-32(43-29-19-8-3-9-20-29)36(35)45(39,40)34-25-13-11-22-31(34)42-28-17-6-2-7-18-28/h1-26H. The van der Waals surface area contributed by atoms with Gasteiger partial charge in [-0.1, -0.05) is 84.9 Å². The number of hydrogen-bond acceptors (Lipinski definition) is 7. The Kier molecular flexibility index (Phi) is 8.37. The first-order valence-electron chi connectivity index (χ1n) is 13.8. The third kappa shape index (κ3) is 6.31. The summed E-state index contributed by atoms with van der Waals surface area (Å²) in [4.78, 5) is -1.46. The van der Waals surface area contributed by atoms with Crippen molar-refractivity contribution in [3.63, 3.8) is 0 Å². The Morgan fingerprint density at radius 2 is 0.644 bits per heavy atom. The molecular formula is C36H26O7S2. The Balaban J connectivity index is 1.55. The molecule has 224 valence electrons. The lowest BCUT2D eigenvalue weighted by Gasteiger charge is -2.19. The molecule has 0 aromatic heterocycles. The van der Waals surface area contributed by atoms with Gasteiger partial charge in [-0.3, -0.25) is 0 Å². The van der Waals surface area contributed by atoms with E-state index in [1.54, 1.807) is 103 Å². The maximum Gasteiger partial charge on any atom is 0.215 e. The summed E-state index contributed by atoms with van der Waals surface area (Å²) in [5.41, 5.74) is 0. The van der Waals surface area contributed by atoms with E-state index in [2.05, 4.69) is 0 Å². The van der Waals surface area contributed by atoms with Gasteiger partial charge in [0.25, 0.3) is 0 Å². The molecule has 0 fully saturated rings. The fourth-order valence-corrected chi connectivity index (χ4v) is 8.33. The Hall–Kier alpha value is -5.38. The third-order valence-electron chi connectivity index (χ3n) is 6.69. The Morgan fingerprint density at radius 1 is 0.311 bits per heavy atom. The van der Waals surface area contributed by atoms with E-state index in [9.17, 15) is 16.8 Å². The van der Waals surface area contributed by atoms with Gasteiger partial charge in [0.15, 0.2) is 0 Å². The molecule has 0 heterocycles. The number of hydrogen-bond donors (Lipinski definition) is 0. The second kappa shape index (κ2) is 12.7. The van der Waals surface area contributed by atoms with Crippen molar-refractivity contribution in [3.05, 3.63) is 158 Å². The molecule has 0 aliphatic rings. The lowest BCUT2D eigenvalue weighted by Crippen LogP contribution is -2.13. The van der Waals surface area contributed by atoms with E-state index in [0.29, 0.717) is 17.2 Å². The normalized spacial score (nSPS) is 11.5. The lowest BCUT2D eigenvalue weighted by atomic mass is 10.3. The second-order valence-corrected chi connectivity index (χ2v) is 13.5. The van der Waals surface area contributed by atoms with E-state index in [-0.39, 0.29) is 27.0 Å². The highest BCUT2D eigenvalue weighted by Crippen LogP contribution is 2.43. The van der Waals surface area contributed by atoms with Crippen LogP contribution in [-0.2, 0) is 19.7 Å². The maximum atomic E-state index is 14.7. The Morgan fingerprint density at radius 3 is 1.11 bits per heavy atom. The van der Waals surface area contributed by atoms with Gasteiger partial charge >= 0.3 is 0 Å². The van der Waals surface area contributed by atoms with Crippen LogP contribution in [0.2, 0.25) is 0 Å². The quantitative estimate of drug-likeness (QED) is 0.149. The summed E-state index contributed by atoms with van der Waals surface area (Å²) in [7, 11) is -9.13. The van der Waals surface area contributed by atoms with Crippen LogP contribution < -0.4 is 14.2 Å². The van der Waals surface area contributed by atoms with Crippen LogP contribution in [0.15, 0.2) is 177 Å². The van der Waals surface area contributed by atoms with E-state index >= 15 is 0 Å². The Bertz CT molecular complexity index is 2150. The molecule has 0 amide bonds. The molecule has 6 rings (SSSR count). The van der Waals surface area contributed by atoms with Crippen LogP contribution in [0.4, 0.5) is 0 Å². The molecule has 6 aromatic carbocycles. The predicted octanol–water partition coefficient (Wildman–Crippen LogP) is 8.73. The van der Waals surface area contributed by atoms with Gasteiger partial charge in [-0.15, -0.1) is 0 Å². The minimum Gasteiger partial charge on any atom is -0.456 e. The highest BCUT2D eigenvalue weighted by molar-refractivity contribution is 7.94. The largest absolute Gasteiger partial charge is 0.456 e. The first kappa shape index (κ1) is 29.7. The van der Waals surface area contributed by atoms with Crippen molar-refractivity contribution in [1.82, 2.24) is 0 Å². The lowest BCUT2D eigenvalue weighted by molar-refractivity contribution is 0.457. The van der Waals surface area contributed by atoms with Crippen LogP contribution in [0.1, 0.15) is 0 Å². The first-order valence-corrected chi connectivity index (χ1v) is 16.8. The zero-order valence-corrected chi connectivity index (χ0v) is 25.3. The van der Waals surface area contributed by atoms with Crippen LogP contribution in [0.3, 0.4) is 0 Å². The van der Waals surface area contributed by atoms with Crippen molar-refractivity contribution in [2.75, 3.05) is 0 Å². The molecule has 0 bridgehead atoms. The number of ether oxygens (including phenoxy) is 3. The molecule has 9 heteroatoms. The number of sulfone groups is 2. The molecule has 0 saturated heterocycles. The predicted molar refractivity (Wildman–Crippen MR) is 170 cm³/mol. The molecule has 0 atom stereocenters. The molecule has 7 nitrogen and oxygen atoms in total. The second-order valence-electron chi connectivity index (χ2n) is 9.73. The topological polar surface area (TPSA) is 96.0 Å². The fourth-order valence-electron chi connectivity index (χ4n) is 4.64. The van der Waals surface area contributed by atoms with E-state index in [1.807, 2.05) is 12.1 Å². The zero-order valence-electron chi connectivity index (χ0n) is 23.7. The molecular weight excluding hydrogens is 609 g/mol. The summed E-state index contributed by atoms with van der Waals surface area (Å²) in [5, 5.41) is 0. The summed E-state index contributed by atoms with van der Waals surface area (Å²) in [6, 6.07) is 42.2. The van der Waals surface area contributed by atoms with Gasteiger partial charge in [-0.25, -0.2) is 16.8 Å². The van der Waals surface area contributed by atoms with Crippen LogP contribution in [0, 0.1) is 0 Å². The molecule has 0 radical (unpaired) electrons. The van der Waals surface area contributed by atoms with Crippen molar-refractivity contribution in [1.29, 1.82) is 0 Å². The van der Waals surface area contributed by atoms with Gasteiger partial charge in [-0.2, -0.15) is 0 Å². The minimum atomic E-state index is -4.60. The molecule has 0 spiro atoms. The molecule has 0 unspecified atom stereocenters. The Labute approximate surface area is 261 Å². The number of para-hydroxylation sites is 5. The van der Waals surface area contributed by atoms with E-state index < -0.39 is 29.5 Å². The monoisotopic (exact) mass is 634 g/mol. The zero-order chi connectivity index (χ0) is 31.3. The van der Waals surface area contributed by atoms with Crippen molar-refractivity contribution in [2.24, 2.45) is 0 Å². The van der Waals surface area contributed by atoms with E-state index in [4.69, 9.17) is 14.2 Å². The molecule has 6 aromatic rings. The summed E-state index contributed by atoms with van der Waals surface area (Å²) in [6.45, 7) is 0. The van der Waals surface area contributed by atoms with Crippen LogP contribution >= 0.6 is 0 Å². The van der Waals surface area contributed by atoms with Gasteiger partial charge in [0, 0.05) is 0 Å².